The zero-order chi connectivity index (χ0) is 0. The van der Waals surface area contributed by atoms with Crippen molar-refractivity contribution >= 4 is 28.3 Å². The first-order chi connectivity index (χ1) is 0. The van der Waals surface area contributed by atoms with Crippen LogP contribution in [0.5, 0.6) is 0 Å². The number of rotatable bonds is 0. The molecule has 23 valence electrons. The van der Waals surface area contributed by atoms with E-state index < -0.39 is 0 Å². The zero-order valence-corrected chi connectivity index (χ0v) is 11.5. The summed E-state index contributed by atoms with van der Waals surface area (Å²) in [5.41, 5.74) is 0. The van der Waals surface area contributed by atoms with E-state index in [-0.39, 0.29) is 125 Å². The standard InChI is InChI=1S/Al.Ce.La.H4Si.Zn.3H/h;;;1H4;;;;. The van der Waals surface area contributed by atoms with Gasteiger partial charge in [0, 0.05) is 96.8 Å². The van der Waals surface area contributed by atoms with Gasteiger partial charge in [-0.2, -0.15) is 0 Å². The summed E-state index contributed by atoms with van der Waals surface area (Å²) < 4.78 is 0. The van der Waals surface area contributed by atoms with Crippen molar-refractivity contribution in [1.29, 1.82) is 0 Å². The second kappa shape index (κ2) is 24.6. The van der Waals surface area contributed by atoms with Crippen LogP contribution in [0.25, 0.3) is 0 Å². The predicted molar refractivity (Wildman–Crippen MR) is 21.3 cm³/mol. The molecule has 5 heavy (non-hydrogen) atoms. The first kappa shape index (κ1) is 36.3. The fourth-order valence-corrected chi connectivity index (χ4v) is 0. The van der Waals surface area contributed by atoms with Crippen LogP contribution >= 0.6 is 0 Å². The van der Waals surface area contributed by atoms with Gasteiger partial charge in [-0.05, 0) is 11.0 Å². The molecule has 0 aliphatic carbocycles. The van der Waals surface area contributed by atoms with Crippen LogP contribution in [0.4, 0.5) is 0 Å². The molecule has 0 aromatic carbocycles. The summed E-state index contributed by atoms with van der Waals surface area (Å²) in [6.45, 7) is 0. The quantitative estimate of drug-likeness (QED) is 0.386. The Balaban J connectivity index is 0. The van der Waals surface area contributed by atoms with E-state index in [1.54, 1.807) is 0 Å². The van der Waals surface area contributed by atoms with E-state index in [1.165, 1.54) is 0 Å². The van der Waals surface area contributed by atoms with Crippen LogP contribution in [0.1, 0.15) is 0 Å². The Morgan fingerprint density at radius 3 is 1.00 bits per heavy atom. The Morgan fingerprint density at radius 2 is 1.00 bits per heavy atom. The smallest absolute Gasteiger partial charge is 0.0149 e. The van der Waals surface area contributed by atoms with Crippen molar-refractivity contribution in [3.63, 3.8) is 0 Å². The third-order valence-corrected chi connectivity index (χ3v) is 0. The molecular formula is H7AlCeLaSiZn. The Labute approximate surface area is 122 Å². The molecule has 0 aromatic heterocycles. The van der Waals surface area contributed by atoms with Crippen LogP contribution in [0.3, 0.4) is 0 Å². The van der Waals surface area contributed by atoms with E-state index in [1.807, 2.05) is 0 Å². The fourth-order valence-electron chi connectivity index (χ4n) is 0. The molecule has 0 N–H and O–H groups in total. The summed E-state index contributed by atoms with van der Waals surface area (Å²) in [6, 6.07) is 0. The molecule has 5 heteroatoms. The first-order valence-electron chi connectivity index (χ1n) is 0. The molecule has 0 spiro atoms. The van der Waals surface area contributed by atoms with Crippen LogP contribution in [0, 0.1) is 77.3 Å². The Morgan fingerprint density at radius 1 is 1.00 bits per heavy atom. The maximum Gasteiger partial charge on any atom is 0.187 e. The third-order valence-electron chi connectivity index (χ3n) is 0. The molecule has 0 atom stereocenters. The van der Waals surface area contributed by atoms with Crippen molar-refractivity contribution < 1.29 is 96.8 Å². The van der Waals surface area contributed by atoms with Gasteiger partial charge in [-0.25, -0.2) is 0 Å². The van der Waals surface area contributed by atoms with Crippen molar-refractivity contribution in [2.45, 2.75) is 0 Å². The summed E-state index contributed by atoms with van der Waals surface area (Å²) in [6.07, 6.45) is 0. The van der Waals surface area contributed by atoms with Gasteiger partial charge in [0.25, 0.3) is 0 Å². The van der Waals surface area contributed by atoms with Crippen molar-refractivity contribution in [3.8, 4) is 0 Å². The minimum atomic E-state index is 0. The van der Waals surface area contributed by atoms with E-state index in [0.29, 0.717) is 0 Å². The van der Waals surface area contributed by atoms with Crippen molar-refractivity contribution in [3.05, 3.63) is 0 Å². The van der Waals surface area contributed by atoms with E-state index in [2.05, 4.69) is 0 Å². The third kappa shape index (κ3) is 18.0. The van der Waals surface area contributed by atoms with Crippen LogP contribution in [0.2, 0.25) is 0 Å². The molecule has 0 fully saturated rings. The molecule has 1 radical (unpaired) electrons. The largest absolute Gasteiger partial charge is 0.187 e. The fraction of sp³-hybridized carbons (Fsp3) is 0. The molecular weight excluding hydrogens is 399 g/mol. The molecule has 0 unspecified atom stereocenters. The van der Waals surface area contributed by atoms with Gasteiger partial charge in [-0.3, -0.25) is 0 Å². The summed E-state index contributed by atoms with van der Waals surface area (Å²) in [7, 11) is 0. The van der Waals surface area contributed by atoms with Crippen LogP contribution in [0.15, 0.2) is 0 Å². The van der Waals surface area contributed by atoms with Gasteiger partial charge in [-0.15, -0.1) is 0 Å². The Bertz CT molecular complexity index is 11.6. The molecule has 0 saturated carbocycles. The summed E-state index contributed by atoms with van der Waals surface area (Å²) in [4.78, 5) is 0. The summed E-state index contributed by atoms with van der Waals surface area (Å²) >= 11 is 0. The van der Waals surface area contributed by atoms with Crippen molar-refractivity contribution in [2.24, 2.45) is 0 Å². The molecule has 0 aliphatic rings. The second-order valence-electron chi connectivity index (χ2n) is 0. The minimum Gasteiger partial charge on any atom is -0.0149 e. The zero-order valence-electron chi connectivity index (χ0n) is 1.78. The average molecular weight is 407 g/mol. The average Bonchev–Trinajstić information content (AvgIpc) is 0. The second-order valence-corrected chi connectivity index (χ2v) is 0. The first-order valence-corrected chi connectivity index (χ1v) is 0. The van der Waals surface area contributed by atoms with E-state index in [9.17, 15) is 0 Å². The molecule has 0 amide bonds. The maximum absolute atomic E-state index is 0. The van der Waals surface area contributed by atoms with Gasteiger partial charge >= 0.3 is 0 Å². The molecule has 0 rings (SSSR count). The molecule has 0 aromatic rings. The minimum absolute atomic E-state index is 0. The van der Waals surface area contributed by atoms with Gasteiger partial charge in [0.2, 0.25) is 0 Å². The van der Waals surface area contributed by atoms with Gasteiger partial charge in [0.15, 0.2) is 17.4 Å². The van der Waals surface area contributed by atoms with E-state index in [0.717, 1.165) is 0 Å². The van der Waals surface area contributed by atoms with Crippen LogP contribution < -0.4 is 0 Å². The van der Waals surface area contributed by atoms with Gasteiger partial charge in [0.05, 0.1) is 0 Å². The van der Waals surface area contributed by atoms with E-state index >= 15 is 0 Å². The SMILES string of the molecule is [AlH3].[Ce].[La].[SiH4].[Zn]. The van der Waals surface area contributed by atoms with Crippen LogP contribution in [-0.4, -0.2) is 28.3 Å². The van der Waals surface area contributed by atoms with Gasteiger partial charge < -0.3 is 0 Å². The van der Waals surface area contributed by atoms with Gasteiger partial charge in [0.1, 0.15) is 0 Å². The Hall–Kier alpha value is 3.94. The number of hydrogen-bond donors (Lipinski definition) is 0. The molecule has 0 heterocycles. The van der Waals surface area contributed by atoms with E-state index in [4.69, 9.17) is 0 Å². The molecule has 0 aliphatic heterocycles. The molecule has 0 saturated heterocycles. The van der Waals surface area contributed by atoms with Crippen LogP contribution in [-0.2, 0) is 19.5 Å². The maximum atomic E-state index is 0. The predicted octanol–water partition coefficient (Wildman–Crippen LogP) is -2.64. The normalized spacial score (nSPS) is 0. The summed E-state index contributed by atoms with van der Waals surface area (Å²) in [5, 5.41) is 0. The molecule has 0 bridgehead atoms. The molecule has 0 nitrogen and oxygen atoms in total. The Kier molecular flexibility index (Phi) is 179. The van der Waals surface area contributed by atoms with Gasteiger partial charge in [-0.1, -0.05) is 0 Å². The summed E-state index contributed by atoms with van der Waals surface area (Å²) in [5.74, 6) is 0. The topological polar surface area (TPSA) is 0 Å². The van der Waals surface area contributed by atoms with Crippen molar-refractivity contribution in [1.82, 2.24) is 0 Å². The monoisotopic (exact) mass is 405 g/mol. The van der Waals surface area contributed by atoms with Crippen molar-refractivity contribution in [2.75, 3.05) is 0 Å². The number of hydrogen-bond acceptors (Lipinski definition) is 0.